The third kappa shape index (κ3) is 3.12. The quantitative estimate of drug-likeness (QED) is 0.302. The third-order valence-corrected chi connectivity index (χ3v) is 9.01. The third-order valence-electron chi connectivity index (χ3n) is 7.29. The molecule has 0 radical (unpaired) electrons. The topological polar surface area (TPSA) is 147 Å². The van der Waals surface area contributed by atoms with Gasteiger partial charge < -0.3 is 5.32 Å². The van der Waals surface area contributed by atoms with Gasteiger partial charge in [0.05, 0.1) is 32.6 Å². The van der Waals surface area contributed by atoms with Crippen molar-refractivity contribution in [3.8, 4) is 0 Å². The van der Waals surface area contributed by atoms with Gasteiger partial charge in [0, 0.05) is 33.4 Å². The zero-order chi connectivity index (χ0) is 28.2. The Labute approximate surface area is 235 Å². The zero-order valence-corrected chi connectivity index (χ0v) is 22.1. The standard InChI is InChI=1S/C28H12Cl2N2O7S/c29-15-9-14-16(25(34)11-6-2-1-5-10(11)24(14)33)21-20(15)31-22-17-18(28(40(37,38)39)19(30)23(22)32-21)27(36)13-8-4-3-7-12(13)26(17)35/h1-9,21,32H,(H,37,38,39). The number of allylic oxidation sites excluding steroid dienone is 2. The average molecular weight is 591 g/mol. The van der Waals surface area contributed by atoms with Crippen LogP contribution in [0.3, 0.4) is 0 Å². The molecule has 0 spiro atoms. The molecule has 1 heterocycles. The Morgan fingerprint density at radius 3 is 1.88 bits per heavy atom. The number of carbonyl (C=O) groups is 4. The van der Waals surface area contributed by atoms with Crippen molar-refractivity contribution in [1.82, 2.24) is 0 Å². The van der Waals surface area contributed by atoms with Crippen LogP contribution in [0, 0.1) is 0 Å². The molecule has 0 saturated carbocycles. The van der Waals surface area contributed by atoms with E-state index in [0.29, 0.717) is 0 Å². The van der Waals surface area contributed by atoms with Crippen LogP contribution >= 0.6 is 23.2 Å². The molecule has 0 aromatic heterocycles. The first kappa shape index (κ1) is 24.8. The maximum absolute atomic E-state index is 13.7. The van der Waals surface area contributed by atoms with Gasteiger partial charge in [-0.15, -0.1) is 0 Å². The number of nitrogens with zero attached hydrogens (tertiary/aromatic N) is 1. The molecule has 1 unspecified atom stereocenters. The number of fused-ring (bicyclic) bond motifs is 7. The van der Waals surface area contributed by atoms with Crippen LogP contribution in [0.4, 0.5) is 11.4 Å². The van der Waals surface area contributed by atoms with Crippen LogP contribution in [0.1, 0.15) is 52.6 Å². The SMILES string of the molecule is O=C1C2=C(C(=O)c3ccccc31)C1Nc3c(Cl)c(S(=O)(=O)O)c4c(c3N=C1C(Cl)=C2)C(=O)c1ccccc1C4=O. The fourth-order valence-electron chi connectivity index (χ4n) is 5.60. The van der Waals surface area contributed by atoms with Crippen LogP contribution in [0.5, 0.6) is 0 Å². The lowest BCUT2D eigenvalue weighted by molar-refractivity contribution is 0.0975. The predicted octanol–water partition coefficient (Wildman–Crippen LogP) is 4.74. The van der Waals surface area contributed by atoms with E-state index in [9.17, 15) is 32.1 Å². The second kappa shape index (κ2) is 8.15. The summed E-state index contributed by atoms with van der Waals surface area (Å²) in [5.41, 5.74) is -1.02. The van der Waals surface area contributed by atoms with Crippen LogP contribution in [-0.4, -0.2) is 47.9 Å². The van der Waals surface area contributed by atoms with Gasteiger partial charge in [0.1, 0.15) is 16.6 Å². The minimum atomic E-state index is -5.15. The van der Waals surface area contributed by atoms with E-state index in [0.717, 1.165) is 0 Å². The predicted molar refractivity (Wildman–Crippen MR) is 145 cm³/mol. The molecule has 0 bridgehead atoms. The van der Waals surface area contributed by atoms with Crippen molar-refractivity contribution in [3.05, 3.63) is 109 Å². The van der Waals surface area contributed by atoms with E-state index < -0.39 is 60.3 Å². The smallest absolute Gasteiger partial charge is 0.296 e. The lowest BCUT2D eigenvalue weighted by atomic mass is 9.76. The largest absolute Gasteiger partial charge is 0.370 e. The molecular weight excluding hydrogens is 579 g/mol. The van der Waals surface area contributed by atoms with E-state index in [1.54, 1.807) is 18.2 Å². The van der Waals surface area contributed by atoms with E-state index in [2.05, 4.69) is 10.3 Å². The summed E-state index contributed by atoms with van der Waals surface area (Å²) in [5, 5.41) is 2.32. The number of hydrogen-bond acceptors (Lipinski definition) is 8. The molecule has 7 rings (SSSR count). The van der Waals surface area contributed by atoms with E-state index in [-0.39, 0.29) is 55.5 Å². The highest BCUT2D eigenvalue weighted by Gasteiger charge is 2.46. The lowest BCUT2D eigenvalue weighted by Gasteiger charge is -2.36. The van der Waals surface area contributed by atoms with Crippen LogP contribution in [0.25, 0.3) is 0 Å². The van der Waals surface area contributed by atoms with E-state index in [1.807, 2.05) is 0 Å². The van der Waals surface area contributed by atoms with Crippen LogP contribution in [0.2, 0.25) is 5.02 Å². The Balaban J connectivity index is 1.53. The number of rotatable bonds is 1. The maximum Gasteiger partial charge on any atom is 0.296 e. The highest BCUT2D eigenvalue weighted by atomic mass is 35.5. The number of aliphatic imine (C=N–C) groups is 1. The molecule has 12 heteroatoms. The molecule has 0 saturated heterocycles. The highest BCUT2D eigenvalue weighted by Crippen LogP contribution is 2.51. The van der Waals surface area contributed by atoms with Gasteiger partial charge in [-0.25, -0.2) is 4.99 Å². The molecule has 2 N–H and O–H groups in total. The van der Waals surface area contributed by atoms with Crippen molar-refractivity contribution < 1.29 is 32.1 Å². The molecule has 3 aliphatic carbocycles. The van der Waals surface area contributed by atoms with Gasteiger partial charge in [-0.2, -0.15) is 8.42 Å². The number of benzene rings is 3. The van der Waals surface area contributed by atoms with E-state index in [1.165, 1.54) is 36.4 Å². The summed E-state index contributed by atoms with van der Waals surface area (Å²) in [6.45, 7) is 0. The molecule has 196 valence electrons. The van der Waals surface area contributed by atoms with E-state index in [4.69, 9.17) is 23.2 Å². The number of halogens is 2. The summed E-state index contributed by atoms with van der Waals surface area (Å²) in [6.07, 6.45) is 1.32. The first-order valence-corrected chi connectivity index (χ1v) is 13.9. The second-order valence-electron chi connectivity index (χ2n) is 9.39. The molecule has 40 heavy (non-hydrogen) atoms. The van der Waals surface area contributed by atoms with Gasteiger partial charge >= 0.3 is 0 Å². The van der Waals surface area contributed by atoms with Gasteiger partial charge in [0.15, 0.2) is 23.1 Å². The summed E-state index contributed by atoms with van der Waals surface area (Å²) < 4.78 is 35.3. The van der Waals surface area contributed by atoms with Crippen molar-refractivity contribution in [2.24, 2.45) is 4.99 Å². The molecular formula is C28H12Cl2N2O7S. The Bertz CT molecular complexity index is 2060. The molecule has 4 aliphatic rings. The molecule has 0 amide bonds. The molecule has 0 fully saturated rings. The summed E-state index contributed by atoms with van der Waals surface area (Å²) in [4.78, 5) is 57.7. The fourth-order valence-corrected chi connectivity index (χ4v) is 7.17. The molecule has 3 aromatic carbocycles. The Morgan fingerprint density at radius 1 is 0.775 bits per heavy atom. The van der Waals surface area contributed by atoms with Crippen molar-refractivity contribution in [2.45, 2.75) is 10.9 Å². The van der Waals surface area contributed by atoms with Crippen molar-refractivity contribution in [2.75, 3.05) is 5.32 Å². The zero-order valence-electron chi connectivity index (χ0n) is 19.8. The monoisotopic (exact) mass is 590 g/mol. The minimum absolute atomic E-state index is 0.00689. The normalized spacial score (nSPS) is 18.9. The fraction of sp³-hybridized carbons (Fsp3) is 0.0357. The Morgan fingerprint density at radius 2 is 1.30 bits per heavy atom. The van der Waals surface area contributed by atoms with E-state index >= 15 is 0 Å². The number of nitrogens with one attached hydrogen (secondary N) is 1. The summed E-state index contributed by atoms with van der Waals surface area (Å²) in [7, 11) is -5.15. The summed E-state index contributed by atoms with van der Waals surface area (Å²) >= 11 is 13.1. The average Bonchev–Trinajstić information content (AvgIpc) is 2.93. The van der Waals surface area contributed by atoms with Gasteiger partial charge in [0.2, 0.25) is 0 Å². The van der Waals surface area contributed by atoms with Gasteiger partial charge in [0.25, 0.3) is 10.1 Å². The van der Waals surface area contributed by atoms with Crippen LogP contribution in [-0.2, 0) is 10.1 Å². The number of hydrogen-bond donors (Lipinski definition) is 2. The molecule has 1 aliphatic heterocycles. The van der Waals surface area contributed by atoms with Crippen LogP contribution < -0.4 is 5.32 Å². The molecule has 3 aromatic rings. The lowest BCUT2D eigenvalue weighted by Crippen LogP contribution is -2.43. The number of Topliss-reactive ketones (excluding diaryl/α,β-unsaturated/α-hetero) is 2. The highest BCUT2D eigenvalue weighted by molar-refractivity contribution is 7.86. The van der Waals surface area contributed by atoms with Crippen molar-refractivity contribution in [3.63, 3.8) is 0 Å². The summed E-state index contributed by atoms with van der Waals surface area (Å²) in [5.74, 6) is -2.49. The van der Waals surface area contributed by atoms with Crippen LogP contribution in [0.15, 0.2) is 80.7 Å². The Kier molecular flexibility index (Phi) is 5.05. The first-order chi connectivity index (χ1) is 19.0. The Hall–Kier alpha value is -4.22. The molecule has 1 atom stereocenters. The first-order valence-electron chi connectivity index (χ1n) is 11.7. The molecule has 9 nitrogen and oxygen atoms in total. The van der Waals surface area contributed by atoms with Gasteiger partial charge in [-0.05, 0) is 6.08 Å². The number of anilines is 1. The van der Waals surface area contributed by atoms with Gasteiger partial charge in [-0.1, -0.05) is 71.7 Å². The summed E-state index contributed by atoms with van der Waals surface area (Å²) in [6, 6.07) is 10.9. The number of ketones is 4. The second-order valence-corrected chi connectivity index (χ2v) is 11.5. The maximum atomic E-state index is 13.7. The van der Waals surface area contributed by atoms with Crippen molar-refractivity contribution >= 4 is 73.5 Å². The number of carbonyl (C=O) groups excluding carboxylic acids is 4. The van der Waals surface area contributed by atoms with Crippen molar-refractivity contribution in [1.29, 1.82) is 0 Å². The van der Waals surface area contributed by atoms with Gasteiger partial charge in [-0.3, -0.25) is 23.7 Å². The minimum Gasteiger partial charge on any atom is -0.370 e.